The molecule has 0 aliphatic carbocycles. The van der Waals surface area contributed by atoms with Crippen LogP contribution in [0.5, 0.6) is 0 Å². The number of rotatable bonds is 6. The second-order valence-electron chi connectivity index (χ2n) is 9.13. The normalized spacial score (nSPS) is 15.7. The first-order valence-corrected chi connectivity index (χ1v) is 13.2. The summed E-state index contributed by atoms with van der Waals surface area (Å²) in [5.74, 6) is -0.920. The van der Waals surface area contributed by atoms with Crippen molar-refractivity contribution >= 4 is 21.9 Å². The van der Waals surface area contributed by atoms with Gasteiger partial charge in [-0.1, -0.05) is 60.2 Å². The van der Waals surface area contributed by atoms with Crippen molar-refractivity contribution in [1.82, 2.24) is 9.62 Å². The van der Waals surface area contributed by atoms with Crippen molar-refractivity contribution in [2.75, 3.05) is 7.11 Å². The molecule has 188 valence electrons. The van der Waals surface area contributed by atoms with Gasteiger partial charge in [-0.3, -0.25) is 4.79 Å². The van der Waals surface area contributed by atoms with Crippen LogP contribution in [0, 0.1) is 20.8 Å². The van der Waals surface area contributed by atoms with E-state index in [1.54, 1.807) is 38.1 Å². The molecule has 1 heterocycles. The number of nitrogens with zero attached hydrogens (tertiary/aromatic N) is 1. The summed E-state index contributed by atoms with van der Waals surface area (Å²) in [6, 6.07) is 17.2. The molecule has 0 radical (unpaired) electrons. The molecule has 0 aromatic heterocycles. The molecular weight excluding hydrogens is 476 g/mol. The average Bonchev–Trinajstić information content (AvgIpc) is 2.85. The molecule has 1 aliphatic rings. The lowest BCUT2D eigenvalue weighted by Crippen LogP contribution is -2.52. The number of amides is 1. The van der Waals surface area contributed by atoms with Crippen LogP contribution in [-0.4, -0.2) is 37.8 Å². The van der Waals surface area contributed by atoms with Crippen LogP contribution >= 0.6 is 0 Å². The van der Waals surface area contributed by atoms with Crippen molar-refractivity contribution in [3.8, 4) is 0 Å². The number of methoxy groups -OCH3 is 1. The fourth-order valence-electron chi connectivity index (χ4n) is 4.95. The number of sulfonamides is 1. The third kappa shape index (κ3) is 4.92. The van der Waals surface area contributed by atoms with Gasteiger partial charge in [0.05, 0.1) is 17.6 Å². The van der Waals surface area contributed by atoms with Crippen molar-refractivity contribution < 1.29 is 22.7 Å². The van der Waals surface area contributed by atoms with Crippen molar-refractivity contribution in [2.45, 2.75) is 51.2 Å². The van der Waals surface area contributed by atoms with E-state index in [1.165, 1.54) is 11.4 Å². The molecule has 3 aromatic rings. The predicted octanol–water partition coefficient (Wildman–Crippen LogP) is 3.83. The number of carbonyl (C=O) groups is 2. The molecule has 0 fully saturated rings. The topological polar surface area (TPSA) is 92.8 Å². The molecule has 1 amide bonds. The molecule has 0 saturated carbocycles. The van der Waals surface area contributed by atoms with Gasteiger partial charge in [0.15, 0.2) is 0 Å². The third-order valence-electron chi connectivity index (χ3n) is 6.56. The standard InChI is InChI=1S/C28H30N2O5S/c1-18-13-19(2)26(20(3)14-18)36(33,34)30-17-23-11-6-5-9-21(23)15-25(30)27(31)29-16-22-10-7-8-12-24(22)28(32)35-4/h5-14,25H,15-17H2,1-4H3,(H,29,31). The first-order chi connectivity index (χ1) is 17.1. The molecule has 4 rings (SSSR count). The zero-order valence-electron chi connectivity index (χ0n) is 20.9. The van der Waals surface area contributed by atoms with Gasteiger partial charge in [0.2, 0.25) is 15.9 Å². The molecule has 36 heavy (non-hydrogen) atoms. The minimum Gasteiger partial charge on any atom is -0.465 e. The summed E-state index contributed by atoms with van der Waals surface area (Å²) in [5, 5.41) is 2.86. The Hall–Kier alpha value is -3.49. The molecule has 3 aromatic carbocycles. The lowest BCUT2D eigenvalue weighted by atomic mass is 9.95. The Balaban J connectivity index is 1.69. The van der Waals surface area contributed by atoms with Crippen LogP contribution in [-0.2, 0) is 39.1 Å². The second kappa shape index (κ2) is 10.2. The van der Waals surface area contributed by atoms with Crippen LogP contribution in [0.15, 0.2) is 65.6 Å². The van der Waals surface area contributed by atoms with Crippen molar-refractivity contribution in [3.63, 3.8) is 0 Å². The van der Waals surface area contributed by atoms with Gasteiger partial charge in [0.25, 0.3) is 0 Å². The van der Waals surface area contributed by atoms with Gasteiger partial charge in [-0.2, -0.15) is 4.31 Å². The van der Waals surface area contributed by atoms with Crippen LogP contribution < -0.4 is 5.32 Å². The van der Waals surface area contributed by atoms with Gasteiger partial charge < -0.3 is 10.1 Å². The van der Waals surface area contributed by atoms with Crippen molar-refractivity contribution in [2.24, 2.45) is 0 Å². The van der Waals surface area contributed by atoms with E-state index in [0.29, 0.717) is 22.3 Å². The SMILES string of the molecule is COC(=O)c1ccccc1CNC(=O)C1Cc2ccccc2CN1S(=O)(=O)c1c(C)cc(C)cc1C. The molecule has 1 aliphatic heterocycles. The van der Waals surface area contributed by atoms with E-state index in [4.69, 9.17) is 4.74 Å². The zero-order chi connectivity index (χ0) is 26.0. The summed E-state index contributed by atoms with van der Waals surface area (Å²) in [4.78, 5) is 25.9. The van der Waals surface area contributed by atoms with Crippen LogP contribution in [0.25, 0.3) is 0 Å². The molecule has 0 bridgehead atoms. The first kappa shape index (κ1) is 25.6. The third-order valence-corrected chi connectivity index (χ3v) is 8.72. The van der Waals surface area contributed by atoms with Gasteiger partial charge in [0.1, 0.15) is 6.04 Å². The Morgan fingerprint density at radius 1 is 0.972 bits per heavy atom. The highest BCUT2D eigenvalue weighted by molar-refractivity contribution is 7.89. The van der Waals surface area contributed by atoms with E-state index in [9.17, 15) is 18.0 Å². The Morgan fingerprint density at radius 2 is 1.58 bits per heavy atom. The van der Waals surface area contributed by atoms with Gasteiger partial charge in [-0.15, -0.1) is 0 Å². The number of hydrogen-bond acceptors (Lipinski definition) is 5. The summed E-state index contributed by atoms with van der Waals surface area (Å²) < 4.78 is 34.2. The number of hydrogen-bond donors (Lipinski definition) is 1. The Kier molecular flexibility index (Phi) is 7.28. The summed E-state index contributed by atoms with van der Waals surface area (Å²) in [5.41, 5.74) is 5.04. The maximum absolute atomic E-state index is 14.0. The highest BCUT2D eigenvalue weighted by Crippen LogP contribution is 2.32. The molecule has 7 nitrogen and oxygen atoms in total. The molecule has 0 spiro atoms. The minimum absolute atomic E-state index is 0.0682. The zero-order valence-corrected chi connectivity index (χ0v) is 21.7. The Morgan fingerprint density at radius 3 is 2.25 bits per heavy atom. The van der Waals surface area contributed by atoms with E-state index in [-0.39, 0.29) is 24.4 Å². The van der Waals surface area contributed by atoms with E-state index in [2.05, 4.69) is 5.32 Å². The summed E-state index contributed by atoms with van der Waals surface area (Å²) >= 11 is 0. The smallest absolute Gasteiger partial charge is 0.338 e. The molecular formula is C28H30N2O5S. The van der Waals surface area contributed by atoms with Crippen LogP contribution in [0.2, 0.25) is 0 Å². The summed E-state index contributed by atoms with van der Waals surface area (Å²) in [6.07, 6.45) is 0.254. The minimum atomic E-state index is -3.99. The molecule has 1 N–H and O–H groups in total. The molecule has 1 atom stereocenters. The summed E-state index contributed by atoms with van der Waals surface area (Å²) in [7, 11) is -2.69. The number of fused-ring (bicyclic) bond motifs is 1. The number of esters is 1. The fraction of sp³-hybridized carbons (Fsp3) is 0.286. The lowest BCUT2D eigenvalue weighted by Gasteiger charge is -2.35. The van der Waals surface area contributed by atoms with Crippen LogP contribution in [0.3, 0.4) is 0 Å². The fourth-order valence-corrected chi connectivity index (χ4v) is 6.93. The Labute approximate surface area is 212 Å². The van der Waals surface area contributed by atoms with E-state index in [1.807, 2.05) is 43.3 Å². The molecule has 0 saturated heterocycles. The maximum atomic E-state index is 14.0. The van der Waals surface area contributed by atoms with Gasteiger partial charge >= 0.3 is 5.97 Å². The second-order valence-corrected chi connectivity index (χ2v) is 11.0. The van der Waals surface area contributed by atoms with Crippen molar-refractivity contribution in [3.05, 3.63) is 99.6 Å². The highest BCUT2D eigenvalue weighted by Gasteiger charge is 2.40. The van der Waals surface area contributed by atoms with Crippen LogP contribution in [0.4, 0.5) is 0 Å². The highest BCUT2D eigenvalue weighted by atomic mass is 32.2. The number of ether oxygens (including phenoxy) is 1. The van der Waals surface area contributed by atoms with E-state index < -0.39 is 27.9 Å². The number of benzene rings is 3. The van der Waals surface area contributed by atoms with Gasteiger partial charge in [-0.05, 0) is 61.1 Å². The number of carbonyl (C=O) groups excluding carboxylic acids is 2. The number of aryl methyl sites for hydroxylation is 3. The molecule has 1 unspecified atom stereocenters. The quantitative estimate of drug-likeness (QED) is 0.513. The maximum Gasteiger partial charge on any atom is 0.338 e. The van der Waals surface area contributed by atoms with Gasteiger partial charge in [-0.25, -0.2) is 13.2 Å². The van der Waals surface area contributed by atoms with E-state index in [0.717, 1.165) is 16.7 Å². The predicted molar refractivity (Wildman–Crippen MR) is 137 cm³/mol. The summed E-state index contributed by atoms with van der Waals surface area (Å²) in [6.45, 7) is 5.66. The monoisotopic (exact) mass is 506 g/mol. The average molecular weight is 507 g/mol. The first-order valence-electron chi connectivity index (χ1n) is 11.7. The van der Waals surface area contributed by atoms with Crippen LogP contribution in [0.1, 0.15) is 43.7 Å². The molecule has 8 heteroatoms. The lowest BCUT2D eigenvalue weighted by molar-refractivity contribution is -0.125. The Bertz CT molecular complexity index is 1410. The number of nitrogens with one attached hydrogen (secondary N) is 1. The largest absolute Gasteiger partial charge is 0.465 e. The van der Waals surface area contributed by atoms with E-state index >= 15 is 0 Å². The van der Waals surface area contributed by atoms with Crippen molar-refractivity contribution in [1.29, 1.82) is 0 Å². The van der Waals surface area contributed by atoms with Gasteiger partial charge in [0, 0.05) is 13.1 Å².